The Balaban J connectivity index is 1.70. The molecule has 1 aliphatic heterocycles. The molecule has 0 N–H and O–H groups in total. The number of benzene rings is 2. The van der Waals surface area contributed by atoms with Crippen LogP contribution < -0.4 is 4.31 Å². The van der Waals surface area contributed by atoms with Gasteiger partial charge in [0.15, 0.2) is 6.61 Å². The molecule has 1 atom stereocenters. The van der Waals surface area contributed by atoms with Crippen molar-refractivity contribution in [2.75, 3.05) is 24.5 Å². The number of ether oxygens (including phenoxy) is 1. The third kappa shape index (κ3) is 5.25. The van der Waals surface area contributed by atoms with Crippen molar-refractivity contribution < 1.29 is 22.7 Å². The van der Waals surface area contributed by atoms with E-state index in [0.717, 1.165) is 29.1 Å². The van der Waals surface area contributed by atoms with Gasteiger partial charge in [-0.05, 0) is 63.4 Å². The number of anilines is 1. The number of carbonyl (C=O) groups is 2. The fourth-order valence-corrected chi connectivity index (χ4v) is 4.84. The summed E-state index contributed by atoms with van der Waals surface area (Å²) in [6.07, 6.45) is 2.97. The zero-order valence-corrected chi connectivity index (χ0v) is 18.9. The topological polar surface area (TPSA) is 84.0 Å². The highest BCUT2D eigenvalue weighted by Gasteiger charge is 2.25. The largest absolute Gasteiger partial charge is 0.452 e. The van der Waals surface area contributed by atoms with E-state index in [0.29, 0.717) is 12.2 Å². The van der Waals surface area contributed by atoms with Gasteiger partial charge in [-0.3, -0.25) is 9.10 Å². The van der Waals surface area contributed by atoms with Crippen molar-refractivity contribution in [2.45, 2.75) is 44.0 Å². The van der Waals surface area contributed by atoms with E-state index in [4.69, 9.17) is 4.74 Å². The minimum absolute atomic E-state index is 0.0268. The van der Waals surface area contributed by atoms with E-state index in [1.54, 1.807) is 17.0 Å². The van der Waals surface area contributed by atoms with E-state index in [1.165, 1.54) is 31.3 Å². The summed E-state index contributed by atoms with van der Waals surface area (Å²) >= 11 is 0. The van der Waals surface area contributed by atoms with Crippen molar-refractivity contribution in [1.82, 2.24) is 4.90 Å². The number of hydrogen-bond acceptors (Lipinski definition) is 5. The van der Waals surface area contributed by atoms with Gasteiger partial charge < -0.3 is 9.64 Å². The highest BCUT2D eigenvalue weighted by atomic mass is 32.2. The molecule has 2 aromatic rings. The number of aryl methyl sites for hydroxylation is 1. The molecule has 0 unspecified atom stereocenters. The van der Waals surface area contributed by atoms with Crippen LogP contribution >= 0.6 is 0 Å². The van der Waals surface area contributed by atoms with Crippen LogP contribution in [0.25, 0.3) is 0 Å². The van der Waals surface area contributed by atoms with Crippen LogP contribution in [0.1, 0.15) is 42.1 Å². The highest BCUT2D eigenvalue weighted by Crippen LogP contribution is 2.23. The number of esters is 1. The predicted octanol–water partition coefficient (Wildman–Crippen LogP) is 3.38. The van der Waals surface area contributed by atoms with E-state index in [-0.39, 0.29) is 29.0 Å². The van der Waals surface area contributed by atoms with Gasteiger partial charge in [0.2, 0.25) is 0 Å². The molecule has 0 radical (unpaired) electrons. The average molecular weight is 445 g/mol. The van der Waals surface area contributed by atoms with Crippen LogP contribution in [0, 0.1) is 6.92 Å². The van der Waals surface area contributed by atoms with Crippen molar-refractivity contribution in [3.63, 3.8) is 0 Å². The SMILES string of the molecule is Cc1ccc(N(C)S(=O)(=O)c2cccc(C(=O)OCC(=O)N3CCCC[C@H]3C)c2)cc1. The summed E-state index contributed by atoms with van der Waals surface area (Å²) in [5.74, 6) is -0.962. The fraction of sp³-hybridized carbons (Fsp3) is 0.391. The van der Waals surface area contributed by atoms with E-state index in [2.05, 4.69) is 0 Å². The van der Waals surface area contributed by atoms with Gasteiger partial charge in [0, 0.05) is 19.6 Å². The van der Waals surface area contributed by atoms with Gasteiger partial charge in [0.05, 0.1) is 16.1 Å². The molecule has 166 valence electrons. The molecule has 0 spiro atoms. The molecule has 0 aromatic heterocycles. The zero-order valence-electron chi connectivity index (χ0n) is 18.1. The van der Waals surface area contributed by atoms with Gasteiger partial charge in [-0.15, -0.1) is 0 Å². The Hall–Kier alpha value is -2.87. The summed E-state index contributed by atoms with van der Waals surface area (Å²) in [7, 11) is -2.40. The first-order chi connectivity index (χ1) is 14.7. The third-order valence-electron chi connectivity index (χ3n) is 5.58. The molecule has 1 saturated heterocycles. The summed E-state index contributed by atoms with van der Waals surface area (Å²) in [5, 5.41) is 0. The second-order valence-corrected chi connectivity index (χ2v) is 9.81. The summed E-state index contributed by atoms with van der Waals surface area (Å²) in [4.78, 5) is 26.6. The summed E-state index contributed by atoms with van der Waals surface area (Å²) in [6.45, 7) is 4.21. The number of nitrogens with zero attached hydrogens (tertiary/aromatic N) is 2. The molecule has 1 aliphatic rings. The number of likely N-dealkylation sites (tertiary alicyclic amines) is 1. The highest BCUT2D eigenvalue weighted by molar-refractivity contribution is 7.92. The molecule has 2 aromatic carbocycles. The normalized spacial score (nSPS) is 16.6. The van der Waals surface area contributed by atoms with Crippen molar-refractivity contribution in [1.29, 1.82) is 0 Å². The lowest BCUT2D eigenvalue weighted by Crippen LogP contribution is -2.44. The van der Waals surface area contributed by atoms with E-state index in [9.17, 15) is 18.0 Å². The Morgan fingerprint density at radius 1 is 1.13 bits per heavy atom. The van der Waals surface area contributed by atoms with Crippen LogP contribution in [-0.2, 0) is 19.6 Å². The summed E-state index contributed by atoms with van der Waals surface area (Å²) < 4.78 is 32.4. The fourth-order valence-electron chi connectivity index (χ4n) is 3.60. The van der Waals surface area contributed by atoms with Crippen LogP contribution in [0.5, 0.6) is 0 Å². The molecule has 3 rings (SSSR count). The van der Waals surface area contributed by atoms with E-state index < -0.39 is 16.0 Å². The number of rotatable bonds is 6. The molecule has 8 heteroatoms. The van der Waals surface area contributed by atoms with Crippen molar-refractivity contribution in [2.24, 2.45) is 0 Å². The molecule has 0 aliphatic carbocycles. The van der Waals surface area contributed by atoms with Crippen molar-refractivity contribution in [3.8, 4) is 0 Å². The first-order valence-corrected chi connectivity index (χ1v) is 11.8. The number of sulfonamides is 1. The maximum absolute atomic E-state index is 13.0. The first kappa shape index (κ1) is 22.8. The third-order valence-corrected chi connectivity index (χ3v) is 7.36. The molecule has 0 bridgehead atoms. The van der Waals surface area contributed by atoms with Gasteiger partial charge in [0.1, 0.15) is 0 Å². The van der Waals surface area contributed by atoms with Crippen LogP contribution in [0.2, 0.25) is 0 Å². The summed E-state index contributed by atoms with van der Waals surface area (Å²) in [5.41, 5.74) is 1.62. The molecule has 7 nitrogen and oxygen atoms in total. The molecular formula is C23H28N2O5S. The van der Waals surface area contributed by atoms with Gasteiger partial charge in [-0.2, -0.15) is 0 Å². The van der Waals surface area contributed by atoms with Gasteiger partial charge in [0.25, 0.3) is 15.9 Å². The molecule has 0 saturated carbocycles. The second-order valence-electron chi connectivity index (χ2n) is 7.84. The van der Waals surface area contributed by atoms with Gasteiger partial charge >= 0.3 is 5.97 Å². The maximum atomic E-state index is 13.0. The van der Waals surface area contributed by atoms with Crippen molar-refractivity contribution >= 4 is 27.6 Å². The van der Waals surface area contributed by atoms with E-state index >= 15 is 0 Å². The summed E-state index contributed by atoms with van der Waals surface area (Å²) in [6, 6.07) is 12.9. The van der Waals surface area contributed by atoms with Crippen LogP contribution in [0.4, 0.5) is 5.69 Å². The minimum atomic E-state index is -3.87. The predicted molar refractivity (Wildman–Crippen MR) is 119 cm³/mol. The van der Waals surface area contributed by atoms with Crippen LogP contribution in [0.3, 0.4) is 0 Å². The quantitative estimate of drug-likeness (QED) is 0.638. The number of carbonyl (C=O) groups excluding carboxylic acids is 2. The molecule has 1 amide bonds. The smallest absolute Gasteiger partial charge is 0.338 e. The second kappa shape index (κ2) is 9.51. The van der Waals surface area contributed by atoms with E-state index in [1.807, 2.05) is 26.0 Å². The minimum Gasteiger partial charge on any atom is -0.452 e. The first-order valence-electron chi connectivity index (χ1n) is 10.3. The maximum Gasteiger partial charge on any atom is 0.338 e. The number of amides is 1. The Labute approximate surface area is 183 Å². The number of piperidine rings is 1. The van der Waals surface area contributed by atoms with Crippen LogP contribution in [0.15, 0.2) is 53.4 Å². The lowest BCUT2D eigenvalue weighted by Gasteiger charge is -2.33. The Bertz CT molecular complexity index is 1050. The Kier molecular flexibility index (Phi) is 7.00. The van der Waals surface area contributed by atoms with Gasteiger partial charge in [-0.1, -0.05) is 23.8 Å². The van der Waals surface area contributed by atoms with Gasteiger partial charge in [-0.25, -0.2) is 13.2 Å². The Morgan fingerprint density at radius 2 is 1.84 bits per heavy atom. The number of hydrogen-bond donors (Lipinski definition) is 0. The monoisotopic (exact) mass is 444 g/mol. The zero-order chi connectivity index (χ0) is 22.6. The lowest BCUT2D eigenvalue weighted by atomic mass is 10.0. The Morgan fingerprint density at radius 3 is 2.52 bits per heavy atom. The lowest BCUT2D eigenvalue weighted by molar-refractivity contribution is -0.137. The van der Waals surface area contributed by atoms with Crippen LogP contribution in [-0.4, -0.2) is 51.4 Å². The van der Waals surface area contributed by atoms with Crippen molar-refractivity contribution in [3.05, 3.63) is 59.7 Å². The molecule has 31 heavy (non-hydrogen) atoms. The average Bonchev–Trinajstić information content (AvgIpc) is 2.77. The molecular weight excluding hydrogens is 416 g/mol. The standard InChI is InChI=1S/C23H28N2O5S/c1-17-10-12-20(13-11-17)24(3)31(28,29)21-9-6-8-19(15-21)23(27)30-16-22(26)25-14-5-4-7-18(25)2/h6,8-13,15,18H,4-5,7,14,16H2,1-3H3/t18-/m1/s1. The molecule has 1 heterocycles. The molecule has 1 fully saturated rings.